The van der Waals surface area contributed by atoms with Crippen LogP contribution in [0.5, 0.6) is 0 Å². The quantitative estimate of drug-likeness (QED) is 0.713. The van der Waals surface area contributed by atoms with Crippen molar-refractivity contribution in [1.82, 2.24) is 19.6 Å². The van der Waals surface area contributed by atoms with Crippen LogP contribution in [0, 0.1) is 6.92 Å². The molecule has 0 saturated heterocycles. The van der Waals surface area contributed by atoms with Gasteiger partial charge in [-0.25, -0.2) is 13.5 Å². The molecule has 0 unspecified atom stereocenters. The zero-order valence-electron chi connectivity index (χ0n) is 14.8. The van der Waals surface area contributed by atoms with Crippen molar-refractivity contribution in [3.63, 3.8) is 0 Å². The molecule has 2 heterocycles. The summed E-state index contributed by atoms with van der Waals surface area (Å²) in [6.07, 6.45) is -1.03. The molecule has 8 heteroatoms. The van der Waals surface area contributed by atoms with Crippen molar-refractivity contribution in [2.45, 2.75) is 59.4 Å². The largest absolute Gasteiger partial charge is 0.333 e. The standard InChI is InChI=1S/C9H14F2N2.C7H10F2N2/c1-5(2)8-7(9(10)11)6(3)12-13(8)4;1-5(2)6-3-4-10-11(6)7(8)9/h5,9H,1-4H3;3-5,7H,1-2H3. The van der Waals surface area contributed by atoms with Crippen LogP contribution in [0.1, 0.15) is 75.2 Å². The Balaban J connectivity index is 0.000000243. The third kappa shape index (κ3) is 4.58. The Bertz CT molecular complexity index is 594. The molecular weight excluding hydrogens is 324 g/mol. The highest BCUT2D eigenvalue weighted by atomic mass is 19.3. The second-order valence-electron chi connectivity index (χ2n) is 6.10. The number of alkyl halides is 4. The van der Waals surface area contributed by atoms with Gasteiger partial charge >= 0.3 is 6.55 Å². The minimum Gasteiger partial charge on any atom is -0.272 e. The molecule has 136 valence electrons. The van der Waals surface area contributed by atoms with E-state index in [4.69, 9.17) is 0 Å². The summed E-state index contributed by atoms with van der Waals surface area (Å²) in [5.74, 6) is 0.168. The summed E-state index contributed by atoms with van der Waals surface area (Å²) in [6.45, 7) is 6.59. The molecule has 2 rings (SSSR count). The molecule has 0 radical (unpaired) electrons. The third-order valence-corrected chi connectivity index (χ3v) is 3.56. The zero-order valence-corrected chi connectivity index (χ0v) is 14.8. The topological polar surface area (TPSA) is 35.6 Å². The first-order valence-electron chi connectivity index (χ1n) is 7.70. The molecule has 2 aromatic heterocycles. The first kappa shape index (κ1) is 20.2. The number of aromatic nitrogens is 4. The maximum atomic E-state index is 12.6. The van der Waals surface area contributed by atoms with Crippen LogP contribution in [0.25, 0.3) is 0 Å². The number of nitrogens with zero attached hydrogens (tertiary/aromatic N) is 4. The average molecular weight is 348 g/mol. The normalized spacial score (nSPS) is 11.6. The van der Waals surface area contributed by atoms with Crippen LogP contribution >= 0.6 is 0 Å². The van der Waals surface area contributed by atoms with E-state index in [2.05, 4.69) is 10.2 Å². The second kappa shape index (κ2) is 8.30. The Morgan fingerprint density at radius 2 is 1.58 bits per heavy atom. The fourth-order valence-electron chi connectivity index (χ4n) is 2.59. The van der Waals surface area contributed by atoms with E-state index < -0.39 is 13.0 Å². The molecule has 0 bridgehead atoms. The van der Waals surface area contributed by atoms with Crippen LogP contribution in [-0.4, -0.2) is 19.6 Å². The molecule has 0 amide bonds. The molecule has 0 spiro atoms. The van der Waals surface area contributed by atoms with Crippen molar-refractivity contribution < 1.29 is 17.6 Å². The Morgan fingerprint density at radius 3 is 1.92 bits per heavy atom. The Hall–Kier alpha value is -1.86. The third-order valence-electron chi connectivity index (χ3n) is 3.56. The highest BCUT2D eigenvalue weighted by Gasteiger charge is 2.22. The zero-order chi connectivity index (χ0) is 18.6. The minimum absolute atomic E-state index is 0.0789. The molecule has 0 N–H and O–H groups in total. The lowest BCUT2D eigenvalue weighted by atomic mass is 10.0. The van der Waals surface area contributed by atoms with Crippen LogP contribution < -0.4 is 0 Å². The fraction of sp³-hybridized carbons (Fsp3) is 0.625. The Labute approximate surface area is 139 Å². The van der Waals surface area contributed by atoms with Gasteiger partial charge in [-0.15, -0.1) is 0 Å². The van der Waals surface area contributed by atoms with Crippen molar-refractivity contribution in [1.29, 1.82) is 0 Å². The average Bonchev–Trinajstić information content (AvgIpc) is 3.03. The molecule has 0 fully saturated rings. The molecule has 0 atom stereocenters. The minimum atomic E-state index is -2.53. The van der Waals surface area contributed by atoms with Gasteiger partial charge in [0, 0.05) is 24.6 Å². The van der Waals surface area contributed by atoms with Crippen molar-refractivity contribution in [2.75, 3.05) is 0 Å². The molecule has 4 nitrogen and oxygen atoms in total. The summed E-state index contributed by atoms with van der Waals surface area (Å²) in [6, 6.07) is 1.61. The summed E-state index contributed by atoms with van der Waals surface area (Å²) in [5.41, 5.74) is 1.73. The van der Waals surface area contributed by atoms with Gasteiger partial charge in [-0.2, -0.15) is 19.0 Å². The van der Waals surface area contributed by atoms with E-state index in [-0.39, 0.29) is 17.4 Å². The summed E-state index contributed by atoms with van der Waals surface area (Å²) in [7, 11) is 1.70. The first-order valence-corrected chi connectivity index (χ1v) is 7.70. The lowest BCUT2D eigenvalue weighted by Gasteiger charge is -2.08. The van der Waals surface area contributed by atoms with Crippen molar-refractivity contribution in [2.24, 2.45) is 7.05 Å². The lowest BCUT2D eigenvalue weighted by Crippen LogP contribution is -2.06. The molecule has 0 aliphatic carbocycles. The second-order valence-corrected chi connectivity index (χ2v) is 6.10. The molecule has 0 saturated carbocycles. The van der Waals surface area contributed by atoms with E-state index in [0.29, 0.717) is 17.1 Å². The highest BCUT2D eigenvalue weighted by molar-refractivity contribution is 5.28. The maximum Gasteiger partial charge on any atom is 0.333 e. The Kier molecular flexibility index (Phi) is 6.98. The highest BCUT2D eigenvalue weighted by Crippen LogP contribution is 2.30. The molecule has 0 aliphatic rings. The van der Waals surface area contributed by atoms with Crippen molar-refractivity contribution in [3.8, 4) is 0 Å². The maximum absolute atomic E-state index is 12.6. The van der Waals surface area contributed by atoms with E-state index >= 15 is 0 Å². The van der Waals surface area contributed by atoms with E-state index in [1.54, 1.807) is 24.7 Å². The first-order chi connectivity index (χ1) is 11.1. The van der Waals surface area contributed by atoms with Gasteiger partial charge in [0.25, 0.3) is 6.43 Å². The SMILES string of the molecule is CC(C)c1ccnn1C(F)F.Cc1nn(C)c(C(C)C)c1C(F)F. The van der Waals surface area contributed by atoms with Crippen LogP contribution in [0.15, 0.2) is 12.3 Å². The van der Waals surface area contributed by atoms with E-state index in [1.807, 2.05) is 27.7 Å². The molecule has 0 aromatic carbocycles. The van der Waals surface area contributed by atoms with Gasteiger partial charge in [-0.1, -0.05) is 27.7 Å². The Morgan fingerprint density at radius 1 is 1.00 bits per heavy atom. The fourth-order valence-corrected chi connectivity index (χ4v) is 2.59. The number of hydrogen-bond acceptors (Lipinski definition) is 2. The van der Waals surface area contributed by atoms with Crippen LogP contribution in [0.4, 0.5) is 17.6 Å². The van der Waals surface area contributed by atoms with E-state index in [1.165, 1.54) is 6.20 Å². The molecule has 2 aromatic rings. The predicted molar refractivity (Wildman–Crippen MR) is 84.6 cm³/mol. The van der Waals surface area contributed by atoms with Gasteiger partial charge in [0.1, 0.15) is 0 Å². The summed E-state index contributed by atoms with van der Waals surface area (Å²) in [5, 5.41) is 7.49. The lowest BCUT2D eigenvalue weighted by molar-refractivity contribution is 0.0527. The molecule has 24 heavy (non-hydrogen) atoms. The van der Waals surface area contributed by atoms with Crippen LogP contribution in [0.3, 0.4) is 0 Å². The number of halogens is 4. The van der Waals surface area contributed by atoms with Crippen molar-refractivity contribution >= 4 is 0 Å². The number of hydrogen-bond donors (Lipinski definition) is 0. The van der Waals surface area contributed by atoms with Gasteiger partial charge in [0.2, 0.25) is 0 Å². The number of aryl methyl sites for hydroxylation is 2. The van der Waals surface area contributed by atoms with Gasteiger partial charge in [-0.05, 0) is 24.8 Å². The van der Waals surface area contributed by atoms with E-state index in [9.17, 15) is 17.6 Å². The smallest absolute Gasteiger partial charge is 0.272 e. The van der Waals surface area contributed by atoms with E-state index in [0.717, 1.165) is 4.68 Å². The van der Waals surface area contributed by atoms with Gasteiger partial charge in [-0.3, -0.25) is 4.68 Å². The van der Waals surface area contributed by atoms with Gasteiger partial charge in [0.15, 0.2) is 0 Å². The number of rotatable bonds is 4. The van der Waals surface area contributed by atoms with Crippen LogP contribution in [0.2, 0.25) is 0 Å². The van der Waals surface area contributed by atoms with Gasteiger partial charge in [0.05, 0.1) is 11.3 Å². The molecule has 0 aliphatic heterocycles. The predicted octanol–water partition coefficient (Wildman–Crippen LogP) is 5.19. The van der Waals surface area contributed by atoms with Gasteiger partial charge < -0.3 is 0 Å². The summed E-state index contributed by atoms with van der Waals surface area (Å²) in [4.78, 5) is 0. The summed E-state index contributed by atoms with van der Waals surface area (Å²) < 4.78 is 51.7. The monoisotopic (exact) mass is 348 g/mol. The summed E-state index contributed by atoms with van der Waals surface area (Å²) >= 11 is 0. The van der Waals surface area contributed by atoms with Crippen molar-refractivity contribution in [3.05, 3.63) is 34.9 Å². The molecular formula is C16H24F4N4. The van der Waals surface area contributed by atoms with Crippen LogP contribution in [-0.2, 0) is 7.05 Å².